The molecule has 0 radical (unpaired) electrons. The van der Waals surface area contributed by atoms with Gasteiger partial charge in [0.05, 0.1) is 24.3 Å². The maximum absolute atomic E-state index is 11.6. The first kappa shape index (κ1) is 13.5. The predicted octanol–water partition coefficient (Wildman–Crippen LogP) is 2.82. The van der Waals surface area contributed by atoms with Crippen LogP contribution in [0.25, 0.3) is 10.6 Å². The first-order valence-corrected chi connectivity index (χ1v) is 6.61. The van der Waals surface area contributed by atoms with Crippen molar-refractivity contribution in [2.75, 3.05) is 13.7 Å². The SMILES string of the molecule is CCOc1cc(-c2cc(OC)ncn2)sc1C(C)=O. The Morgan fingerprint density at radius 2 is 2.16 bits per heavy atom. The van der Waals surface area contributed by atoms with Crippen LogP contribution in [-0.2, 0) is 0 Å². The molecule has 5 nitrogen and oxygen atoms in total. The Balaban J connectivity index is 2.44. The molecule has 0 amide bonds. The molecule has 0 aliphatic heterocycles. The number of thiophene rings is 1. The molecule has 0 spiro atoms. The molecule has 0 saturated heterocycles. The van der Waals surface area contributed by atoms with Crippen LogP contribution >= 0.6 is 11.3 Å². The number of rotatable bonds is 5. The number of hydrogen-bond donors (Lipinski definition) is 0. The fraction of sp³-hybridized carbons (Fsp3) is 0.308. The van der Waals surface area contributed by atoms with E-state index in [-0.39, 0.29) is 5.78 Å². The van der Waals surface area contributed by atoms with Crippen molar-refractivity contribution in [2.45, 2.75) is 13.8 Å². The second-order valence-corrected chi connectivity index (χ2v) is 4.79. The van der Waals surface area contributed by atoms with E-state index in [0.29, 0.717) is 28.8 Å². The number of methoxy groups -OCH3 is 1. The normalized spacial score (nSPS) is 10.3. The fourth-order valence-corrected chi connectivity index (χ4v) is 2.56. The minimum Gasteiger partial charge on any atom is -0.492 e. The van der Waals surface area contributed by atoms with Crippen LogP contribution in [0.3, 0.4) is 0 Å². The average Bonchev–Trinajstić information content (AvgIpc) is 2.83. The summed E-state index contributed by atoms with van der Waals surface area (Å²) in [5.41, 5.74) is 0.713. The van der Waals surface area contributed by atoms with E-state index in [2.05, 4.69) is 9.97 Å². The maximum atomic E-state index is 11.6. The zero-order chi connectivity index (χ0) is 13.8. The van der Waals surface area contributed by atoms with Crippen molar-refractivity contribution in [1.29, 1.82) is 0 Å². The second kappa shape index (κ2) is 5.79. The smallest absolute Gasteiger partial charge is 0.216 e. The van der Waals surface area contributed by atoms with Gasteiger partial charge in [-0.25, -0.2) is 9.97 Å². The zero-order valence-electron chi connectivity index (χ0n) is 11.0. The van der Waals surface area contributed by atoms with Crippen molar-refractivity contribution in [3.63, 3.8) is 0 Å². The summed E-state index contributed by atoms with van der Waals surface area (Å²) in [4.78, 5) is 21.2. The average molecular weight is 278 g/mol. The minimum absolute atomic E-state index is 0.0132. The highest BCUT2D eigenvalue weighted by molar-refractivity contribution is 7.17. The molecule has 0 unspecified atom stereocenters. The molecule has 2 heterocycles. The summed E-state index contributed by atoms with van der Waals surface area (Å²) in [6.07, 6.45) is 1.43. The molecule has 19 heavy (non-hydrogen) atoms. The fourth-order valence-electron chi connectivity index (χ4n) is 1.59. The van der Waals surface area contributed by atoms with Gasteiger partial charge in [-0.05, 0) is 6.92 Å². The van der Waals surface area contributed by atoms with Crippen LogP contribution in [0.1, 0.15) is 23.5 Å². The number of nitrogens with zero attached hydrogens (tertiary/aromatic N) is 2. The van der Waals surface area contributed by atoms with E-state index in [4.69, 9.17) is 9.47 Å². The van der Waals surface area contributed by atoms with E-state index in [1.807, 2.05) is 13.0 Å². The second-order valence-electron chi connectivity index (χ2n) is 3.74. The third kappa shape index (κ3) is 2.90. The Hall–Kier alpha value is -1.95. The van der Waals surface area contributed by atoms with Crippen LogP contribution in [0.2, 0.25) is 0 Å². The molecule has 0 atom stereocenters. The third-order valence-corrected chi connectivity index (χ3v) is 3.66. The monoisotopic (exact) mass is 278 g/mol. The molecule has 0 fully saturated rings. The van der Waals surface area contributed by atoms with Gasteiger partial charge in [0.25, 0.3) is 0 Å². The number of carbonyl (C=O) groups excluding carboxylic acids is 1. The van der Waals surface area contributed by atoms with Crippen LogP contribution < -0.4 is 9.47 Å². The number of hydrogen-bond acceptors (Lipinski definition) is 6. The molecule has 2 aromatic heterocycles. The lowest BCUT2D eigenvalue weighted by molar-refractivity contribution is 0.101. The molecule has 2 rings (SSSR count). The topological polar surface area (TPSA) is 61.3 Å². The van der Waals surface area contributed by atoms with Gasteiger partial charge in [0.1, 0.15) is 17.0 Å². The summed E-state index contributed by atoms with van der Waals surface area (Å²) in [5.74, 6) is 1.08. The number of ether oxygens (including phenoxy) is 2. The van der Waals surface area contributed by atoms with Gasteiger partial charge in [-0.2, -0.15) is 0 Å². The van der Waals surface area contributed by atoms with Crippen LogP contribution in [0.5, 0.6) is 11.6 Å². The Labute approximate surface area is 115 Å². The lowest BCUT2D eigenvalue weighted by Gasteiger charge is -2.00. The quantitative estimate of drug-likeness (QED) is 0.787. The Morgan fingerprint density at radius 1 is 1.37 bits per heavy atom. The van der Waals surface area contributed by atoms with E-state index in [1.165, 1.54) is 24.6 Å². The van der Waals surface area contributed by atoms with Crippen molar-refractivity contribution >= 4 is 17.1 Å². The number of ketones is 1. The van der Waals surface area contributed by atoms with Gasteiger partial charge in [0.15, 0.2) is 5.78 Å². The lowest BCUT2D eigenvalue weighted by Crippen LogP contribution is -1.95. The van der Waals surface area contributed by atoms with E-state index in [9.17, 15) is 4.79 Å². The van der Waals surface area contributed by atoms with Crippen molar-refractivity contribution < 1.29 is 14.3 Å². The van der Waals surface area contributed by atoms with Gasteiger partial charge >= 0.3 is 0 Å². The molecular formula is C13H14N2O3S. The summed E-state index contributed by atoms with van der Waals surface area (Å²) in [5, 5.41) is 0. The molecule has 6 heteroatoms. The molecule has 0 aliphatic rings. The molecule has 0 N–H and O–H groups in total. The zero-order valence-corrected chi connectivity index (χ0v) is 11.8. The van der Waals surface area contributed by atoms with Gasteiger partial charge in [0, 0.05) is 19.1 Å². The van der Waals surface area contributed by atoms with Crippen molar-refractivity contribution in [1.82, 2.24) is 9.97 Å². The minimum atomic E-state index is -0.0132. The van der Waals surface area contributed by atoms with Crippen molar-refractivity contribution in [3.8, 4) is 22.2 Å². The third-order valence-electron chi connectivity index (χ3n) is 2.42. The molecule has 0 aromatic carbocycles. The van der Waals surface area contributed by atoms with E-state index in [0.717, 1.165) is 4.88 Å². The predicted molar refractivity (Wildman–Crippen MR) is 73.1 cm³/mol. The summed E-state index contributed by atoms with van der Waals surface area (Å²) in [7, 11) is 1.55. The van der Waals surface area contributed by atoms with Crippen LogP contribution in [0.15, 0.2) is 18.5 Å². The summed E-state index contributed by atoms with van der Waals surface area (Å²) in [6.45, 7) is 3.93. The van der Waals surface area contributed by atoms with Crippen LogP contribution in [0, 0.1) is 0 Å². The largest absolute Gasteiger partial charge is 0.492 e. The first-order valence-electron chi connectivity index (χ1n) is 5.79. The van der Waals surface area contributed by atoms with E-state index >= 15 is 0 Å². The molecule has 0 saturated carbocycles. The summed E-state index contributed by atoms with van der Waals surface area (Å²) in [6, 6.07) is 3.55. The van der Waals surface area contributed by atoms with Gasteiger partial charge < -0.3 is 9.47 Å². The highest BCUT2D eigenvalue weighted by Gasteiger charge is 2.16. The van der Waals surface area contributed by atoms with Gasteiger partial charge in [-0.15, -0.1) is 11.3 Å². The van der Waals surface area contributed by atoms with Crippen molar-refractivity contribution in [3.05, 3.63) is 23.3 Å². The Kier molecular flexibility index (Phi) is 4.11. The van der Waals surface area contributed by atoms with Crippen LogP contribution in [-0.4, -0.2) is 29.5 Å². The van der Waals surface area contributed by atoms with E-state index < -0.39 is 0 Å². The summed E-state index contributed by atoms with van der Waals surface area (Å²) >= 11 is 1.36. The molecule has 0 aliphatic carbocycles. The molecule has 2 aromatic rings. The first-order chi connectivity index (χ1) is 9.15. The standard InChI is InChI=1S/C13H14N2O3S/c1-4-18-10-6-11(19-13(10)8(2)16)9-5-12(17-3)15-7-14-9/h5-7H,4H2,1-3H3. The van der Waals surface area contributed by atoms with Gasteiger partial charge in [-0.1, -0.05) is 0 Å². The van der Waals surface area contributed by atoms with Gasteiger partial charge in [0.2, 0.25) is 5.88 Å². The number of aromatic nitrogens is 2. The maximum Gasteiger partial charge on any atom is 0.216 e. The van der Waals surface area contributed by atoms with Crippen molar-refractivity contribution in [2.24, 2.45) is 0 Å². The van der Waals surface area contributed by atoms with E-state index in [1.54, 1.807) is 13.2 Å². The highest BCUT2D eigenvalue weighted by atomic mass is 32.1. The molecule has 0 bridgehead atoms. The molecule has 100 valence electrons. The molecular weight excluding hydrogens is 264 g/mol. The van der Waals surface area contributed by atoms with Crippen LogP contribution in [0.4, 0.5) is 0 Å². The lowest BCUT2D eigenvalue weighted by atomic mass is 10.3. The van der Waals surface area contributed by atoms with Gasteiger partial charge in [-0.3, -0.25) is 4.79 Å². The Bertz CT molecular complexity index is 595. The highest BCUT2D eigenvalue weighted by Crippen LogP contribution is 2.36. The summed E-state index contributed by atoms with van der Waals surface area (Å²) < 4.78 is 10.5. The number of Topliss-reactive ketones (excluding diaryl/α,β-unsaturated/α-hetero) is 1. The number of carbonyl (C=O) groups is 1. The Morgan fingerprint density at radius 3 is 2.79 bits per heavy atom.